The van der Waals surface area contributed by atoms with Crippen molar-refractivity contribution in [1.82, 2.24) is 10.2 Å². The normalized spacial score (nSPS) is 18.7. The van der Waals surface area contributed by atoms with Crippen molar-refractivity contribution in [3.63, 3.8) is 0 Å². The molecule has 0 bridgehead atoms. The number of benzene rings is 1. The van der Waals surface area contributed by atoms with Gasteiger partial charge in [0.2, 0.25) is 0 Å². The van der Waals surface area contributed by atoms with Crippen molar-refractivity contribution < 1.29 is 18.0 Å². The predicted octanol–water partition coefficient (Wildman–Crippen LogP) is 3.94. The Morgan fingerprint density at radius 3 is 2.70 bits per heavy atom. The van der Waals surface area contributed by atoms with Crippen LogP contribution in [0.4, 0.5) is 13.2 Å². The van der Waals surface area contributed by atoms with Gasteiger partial charge in [-0.2, -0.15) is 13.2 Å². The maximum absolute atomic E-state index is 12.3. The molecule has 27 heavy (non-hydrogen) atoms. The SMILES string of the molecule is CN=C(CCCC(F)(F)F)N/C(=C\C=O)N1CCC(Cc2ccccc2)C1. The Morgan fingerprint density at radius 2 is 2.07 bits per heavy atom. The van der Waals surface area contributed by atoms with Crippen LogP contribution in [-0.4, -0.2) is 43.3 Å². The molecule has 1 fully saturated rings. The second-order valence-corrected chi connectivity index (χ2v) is 6.74. The highest BCUT2D eigenvalue weighted by molar-refractivity contribution is 5.84. The molecule has 1 aliphatic rings. The molecule has 1 aliphatic heterocycles. The van der Waals surface area contributed by atoms with Crippen molar-refractivity contribution in [3.05, 3.63) is 47.8 Å². The Labute approximate surface area is 158 Å². The van der Waals surface area contributed by atoms with Gasteiger partial charge in [-0.3, -0.25) is 9.79 Å². The summed E-state index contributed by atoms with van der Waals surface area (Å²) in [6, 6.07) is 10.2. The molecule has 1 unspecified atom stereocenters. The molecule has 0 spiro atoms. The second kappa shape index (κ2) is 10.1. The van der Waals surface area contributed by atoms with Crippen molar-refractivity contribution in [2.45, 2.75) is 38.3 Å². The fraction of sp³-hybridized carbons (Fsp3) is 0.500. The van der Waals surface area contributed by atoms with E-state index in [-0.39, 0.29) is 12.8 Å². The van der Waals surface area contributed by atoms with Gasteiger partial charge in [0.25, 0.3) is 0 Å². The minimum atomic E-state index is -4.17. The van der Waals surface area contributed by atoms with Gasteiger partial charge < -0.3 is 10.2 Å². The number of alkyl halides is 3. The number of nitrogens with one attached hydrogen (secondary N) is 1. The van der Waals surface area contributed by atoms with E-state index >= 15 is 0 Å². The Morgan fingerprint density at radius 1 is 1.33 bits per heavy atom. The molecular formula is C20H26F3N3O. The number of rotatable bonds is 8. The quantitative estimate of drug-likeness (QED) is 0.321. The van der Waals surface area contributed by atoms with Gasteiger partial charge in [-0.05, 0) is 30.7 Å². The number of hydrogen-bond acceptors (Lipinski definition) is 3. The summed E-state index contributed by atoms with van der Waals surface area (Å²) in [6.45, 7) is 1.59. The lowest BCUT2D eigenvalue weighted by Gasteiger charge is -2.24. The van der Waals surface area contributed by atoms with Crippen molar-refractivity contribution >= 4 is 12.1 Å². The van der Waals surface area contributed by atoms with Crippen LogP contribution in [0.2, 0.25) is 0 Å². The minimum Gasteiger partial charge on any atom is -0.358 e. The fourth-order valence-corrected chi connectivity index (χ4v) is 3.29. The Bertz CT molecular complexity index is 656. The number of nitrogens with zero attached hydrogens (tertiary/aromatic N) is 2. The molecule has 0 radical (unpaired) electrons. The van der Waals surface area contributed by atoms with Crippen LogP contribution >= 0.6 is 0 Å². The lowest BCUT2D eigenvalue weighted by atomic mass is 9.99. The molecule has 7 heteroatoms. The highest BCUT2D eigenvalue weighted by atomic mass is 19.4. The molecule has 4 nitrogen and oxygen atoms in total. The smallest absolute Gasteiger partial charge is 0.358 e. The summed E-state index contributed by atoms with van der Waals surface area (Å²) in [6.07, 6.45) is -0.786. The number of aldehydes is 1. The lowest BCUT2D eigenvalue weighted by molar-refractivity contribution is -0.135. The number of hydrogen-bond donors (Lipinski definition) is 1. The standard InChI is InChI=1S/C20H26F3N3O/c1-24-18(8-5-11-20(21,22)23)25-19(10-13-27)26-12-9-17(15-26)14-16-6-3-2-4-7-16/h2-4,6-7,10,13,17H,5,8-9,11-12,14-15H2,1H3,(H,24,25)/b19-10+. The topological polar surface area (TPSA) is 44.7 Å². The molecule has 1 N–H and O–H groups in total. The average molecular weight is 381 g/mol. The van der Waals surface area contributed by atoms with E-state index in [1.54, 1.807) is 0 Å². The van der Waals surface area contributed by atoms with Crippen molar-refractivity contribution in [2.75, 3.05) is 20.1 Å². The van der Waals surface area contributed by atoms with Gasteiger partial charge in [-0.15, -0.1) is 0 Å². The predicted molar refractivity (Wildman–Crippen MR) is 100 cm³/mol. The number of halogens is 3. The van der Waals surface area contributed by atoms with E-state index in [9.17, 15) is 18.0 Å². The zero-order valence-electron chi connectivity index (χ0n) is 15.5. The van der Waals surface area contributed by atoms with Gasteiger partial charge in [0, 0.05) is 39.1 Å². The van der Waals surface area contributed by atoms with E-state index in [1.807, 2.05) is 18.2 Å². The molecule has 1 aromatic rings. The summed E-state index contributed by atoms with van der Waals surface area (Å²) in [5.41, 5.74) is 1.28. The van der Waals surface area contributed by atoms with Crippen molar-refractivity contribution in [1.29, 1.82) is 0 Å². The first-order valence-corrected chi connectivity index (χ1v) is 9.15. The number of allylic oxidation sites excluding steroid dienone is 1. The van der Waals surface area contributed by atoms with Crippen molar-refractivity contribution in [2.24, 2.45) is 10.9 Å². The van der Waals surface area contributed by atoms with Crippen LogP contribution < -0.4 is 5.32 Å². The molecule has 0 aromatic heterocycles. The van der Waals surface area contributed by atoms with Crippen LogP contribution in [0.3, 0.4) is 0 Å². The monoisotopic (exact) mass is 381 g/mol. The van der Waals surface area contributed by atoms with Crippen LogP contribution in [0.15, 0.2) is 47.2 Å². The van der Waals surface area contributed by atoms with E-state index in [2.05, 4.69) is 27.3 Å². The Hall–Kier alpha value is -2.31. The first kappa shape index (κ1) is 21.0. The van der Waals surface area contributed by atoms with Gasteiger partial charge in [-0.1, -0.05) is 30.3 Å². The molecule has 0 aliphatic carbocycles. The van der Waals surface area contributed by atoms with Crippen LogP contribution in [0.1, 0.15) is 31.2 Å². The largest absolute Gasteiger partial charge is 0.389 e. The highest BCUT2D eigenvalue weighted by Crippen LogP contribution is 2.24. The number of carbonyl (C=O) groups excluding carboxylic acids is 1. The first-order valence-electron chi connectivity index (χ1n) is 9.15. The van der Waals surface area contributed by atoms with Crippen LogP contribution in [0, 0.1) is 5.92 Å². The maximum atomic E-state index is 12.3. The van der Waals surface area contributed by atoms with Gasteiger partial charge in [0.05, 0.1) is 0 Å². The summed E-state index contributed by atoms with van der Waals surface area (Å²) in [7, 11) is 1.54. The first-order chi connectivity index (χ1) is 12.9. The van der Waals surface area contributed by atoms with E-state index in [0.717, 1.165) is 25.9 Å². The summed E-state index contributed by atoms with van der Waals surface area (Å²) in [5, 5.41) is 3.06. The molecule has 1 heterocycles. The van der Waals surface area contributed by atoms with Crippen LogP contribution in [-0.2, 0) is 11.2 Å². The summed E-state index contributed by atoms with van der Waals surface area (Å²) >= 11 is 0. The van der Waals surface area contributed by atoms with Gasteiger partial charge in [-0.25, -0.2) is 0 Å². The van der Waals surface area contributed by atoms with Crippen LogP contribution in [0.5, 0.6) is 0 Å². The van der Waals surface area contributed by atoms with Gasteiger partial charge >= 0.3 is 6.18 Å². The van der Waals surface area contributed by atoms with Crippen LogP contribution in [0.25, 0.3) is 0 Å². The highest BCUT2D eigenvalue weighted by Gasteiger charge is 2.27. The molecule has 1 saturated heterocycles. The van der Waals surface area contributed by atoms with Gasteiger partial charge in [0.1, 0.15) is 17.9 Å². The molecular weight excluding hydrogens is 355 g/mol. The Balaban J connectivity index is 1.91. The zero-order chi connectivity index (χ0) is 19.7. The number of carbonyl (C=O) groups is 1. The summed E-state index contributed by atoms with van der Waals surface area (Å²) < 4.78 is 37.0. The Kier molecular flexibility index (Phi) is 7.88. The molecule has 148 valence electrons. The average Bonchev–Trinajstić information content (AvgIpc) is 3.08. The zero-order valence-corrected chi connectivity index (χ0v) is 15.5. The number of aliphatic imine (C=N–C) groups is 1. The number of likely N-dealkylation sites (tertiary alicyclic amines) is 1. The molecule has 1 aromatic carbocycles. The van der Waals surface area contributed by atoms with E-state index < -0.39 is 12.6 Å². The van der Waals surface area contributed by atoms with E-state index in [0.29, 0.717) is 23.9 Å². The maximum Gasteiger partial charge on any atom is 0.389 e. The summed E-state index contributed by atoms with van der Waals surface area (Å²) in [5.74, 6) is 1.53. The lowest BCUT2D eigenvalue weighted by Crippen LogP contribution is -2.34. The third kappa shape index (κ3) is 7.45. The molecule has 0 saturated carbocycles. The van der Waals surface area contributed by atoms with E-state index in [4.69, 9.17) is 0 Å². The van der Waals surface area contributed by atoms with Crippen molar-refractivity contribution in [3.8, 4) is 0 Å². The third-order valence-electron chi connectivity index (χ3n) is 4.64. The number of amidine groups is 1. The molecule has 2 rings (SSSR count). The molecule has 1 atom stereocenters. The minimum absolute atomic E-state index is 0.0336. The third-order valence-corrected chi connectivity index (χ3v) is 4.64. The van der Waals surface area contributed by atoms with E-state index in [1.165, 1.54) is 18.7 Å². The van der Waals surface area contributed by atoms with Gasteiger partial charge in [0.15, 0.2) is 0 Å². The second-order valence-electron chi connectivity index (χ2n) is 6.74. The summed E-state index contributed by atoms with van der Waals surface area (Å²) in [4.78, 5) is 17.1. The fourth-order valence-electron chi connectivity index (χ4n) is 3.29. The molecule has 0 amide bonds.